The van der Waals surface area contributed by atoms with Crippen LogP contribution >= 0.6 is 11.6 Å². The van der Waals surface area contributed by atoms with Gasteiger partial charge in [0, 0.05) is 18.2 Å². The van der Waals surface area contributed by atoms with Crippen molar-refractivity contribution in [2.75, 3.05) is 21.3 Å². The summed E-state index contributed by atoms with van der Waals surface area (Å²) in [6.45, 7) is 0. The topological polar surface area (TPSA) is 56.8 Å². The van der Waals surface area contributed by atoms with E-state index in [2.05, 4.69) is 5.32 Å². The fourth-order valence-corrected chi connectivity index (χ4v) is 2.19. The van der Waals surface area contributed by atoms with Gasteiger partial charge in [-0.25, -0.2) is 0 Å². The molecule has 0 saturated heterocycles. The number of benzene rings is 1. The molecule has 1 aromatic carbocycles. The number of carbonyl (C=O) groups is 1. The monoisotopic (exact) mass is 299 g/mol. The average molecular weight is 300 g/mol. The van der Waals surface area contributed by atoms with Crippen LogP contribution in [0.5, 0.6) is 17.2 Å². The molecule has 1 fully saturated rings. The maximum atomic E-state index is 12.1. The molecule has 0 bridgehead atoms. The molecule has 1 saturated carbocycles. The van der Waals surface area contributed by atoms with Crippen LogP contribution in [0.25, 0.3) is 0 Å². The quantitative estimate of drug-likeness (QED) is 0.819. The molecule has 0 radical (unpaired) electrons. The number of ether oxygens (including phenoxy) is 3. The fraction of sp³-hybridized carbons (Fsp3) is 0.500. The zero-order valence-electron chi connectivity index (χ0n) is 11.7. The molecule has 1 atom stereocenters. The Morgan fingerprint density at radius 2 is 1.75 bits per heavy atom. The highest BCUT2D eigenvalue weighted by Gasteiger charge is 2.31. The van der Waals surface area contributed by atoms with Crippen molar-refractivity contribution < 1.29 is 19.0 Å². The first-order chi connectivity index (χ1) is 9.60. The summed E-state index contributed by atoms with van der Waals surface area (Å²) in [6, 6.07) is 3.61. The van der Waals surface area contributed by atoms with Gasteiger partial charge in [-0.2, -0.15) is 0 Å². The van der Waals surface area contributed by atoms with E-state index in [1.807, 2.05) is 0 Å². The molecule has 2 rings (SSSR count). The molecule has 0 aromatic heterocycles. The molecular formula is C14H18ClNO4. The van der Waals surface area contributed by atoms with Crippen molar-refractivity contribution in [3.8, 4) is 17.2 Å². The van der Waals surface area contributed by atoms with Crippen LogP contribution < -0.4 is 19.5 Å². The normalized spacial score (nSPS) is 15.4. The second-order valence-corrected chi connectivity index (χ2v) is 5.03. The smallest absolute Gasteiger partial charge is 0.243 e. The lowest BCUT2D eigenvalue weighted by Crippen LogP contribution is -2.29. The summed E-state index contributed by atoms with van der Waals surface area (Å²) in [5.41, 5.74) is 0.510. The van der Waals surface area contributed by atoms with Crippen LogP contribution in [-0.4, -0.2) is 33.3 Å². The zero-order chi connectivity index (χ0) is 14.7. The van der Waals surface area contributed by atoms with Gasteiger partial charge < -0.3 is 19.5 Å². The Balaban J connectivity index is 2.33. The van der Waals surface area contributed by atoms with Gasteiger partial charge >= 0.3 is 0 Å². The summed E-state index contributed by atoms with van der Waals surface area (Å²) in [7, 11) is 4.58. The van der Waals surface area contributed by atoms with E-state index in [0.29, 0.717) is 22.8 Å². The highest BCUT2D eigenvalue weighted by Crippen LogP contribution is 2.41. The molecule has 0 aliphatic heterocycles. The molecule has 20 heavy (non-hydrogen) atoms. The first-order valence-electron chi connectivity index (χ1n) is 6.35. The number of alkyl halides is 1. The summed E-state index contributed by atoms with van der Waals surface area (Å²) in [4.78, 5) is 12.1. The van der Waals surface area contributed by atoms with Gasteiger partial charge in [-0.15, -0.1) is 11.6 Å². The van der Waals surface area contributed by atoms with Crippen molar-refractivity contribution in [2.45, 2.75) is 24.3 Å². The van der Waals surface area contributed by atoms with E-state index in [9.17, 15) is 4.79 Å². The lowest BCUT2D eigenvalue weighted by Gasteiger charge is -2.18. The summed E-state index contributed by atoms with van der Waals surface area (Å²) < 4.78 is 15.8. The number of halogens is 1. The Bertz CT molecular complexity index is 477. The van der Waals surface area contributed by atoms with E-state index in [4.69, 9.17) is 25.8 Å². The van der Waals surface area contributed by atoms with Crippen molar-refractivity contribution in [1.82, 2.24) is 5.32 Å². The van der Waals surface area contributed by atoms with Crippen LogP contribution in [0, 0.1) is 0 Å². The summed E-state index contributed by atoms with van der Waals surface area (Å²) >= 11 is 6.28. The largest absolute Gasteiger partial charge is 0.496 e. The van der Waals surface area contributed by atoms with Crippen molar-refractivity contribution in [1.29, 1.82) is 0 Å². The number of nitrogens with one attached hydrogen (secondary N) is 1. The van der Waals surface area contributed by atoms with Gasteiger partial charge in [0.25, 0.3) is 0 Å². The van der Waals surface area contributed by atoms with Gasteiger partial charge in [0.2, 0.25) is 5.91 Å². The lowest BCUT2D eigenvalue weighted by molar-refractivity contribution is -0.121. The molecule has 1 amide bonds. The fourth-order valence-electron chi connectivity index (χ4n) is 1.92. The number of amides is 1. The van der Waals surface area contributed by atoms with Gasteiger partial charge in [-0.3, -0.25) is 4.79 Å². The number of hydrogen-bond donors (Lipinski definition) is 1. The Morgan fingerprint density at radius 3 is 2.15 bits per heavy atom. The molecule has 6 heteroatoms. The Morgan fingerprint density at radius 1 is 1.20 bits per heavy atom. The summed E-state index contributed by atoms with van der Waals surface area (Å²) in [5, 5.41) is 2.00. The third kappa shape index (κ3) is 3.10. The van der Waals surface area contributed by atoms with Gasteiger partial charge in [-0.05, 0) is 12.8 Å². The molecule has 1 unspecified atom stereocenters. The maximum absolute atomic E-state index is 12.1. The number of hydrogen-bond acceptors (Lipinski definition) is 4. The average Bonchev–Trinajstić information content (AvgIpc) is 3.28. The van der Waals surface area contributed by atoms with E-state index in [1.165, 1.54) is 14.2 Å². The van der Waals surface area contributed by atoms with Crippen LogP contribution in [0.4, 0.5) is 0 Å². The SMILES string of the molecule is COc1cc(OC)c(C(Cl)C(=O)NC2CC2)c(OC)c1. The van der Waals surface area contributed by atoms with E-state index < -0.39 is 5.38 Å². The number of carbonyl (C=O) groups excluding carboxylic acids is 1. The minimum absolute atomic E-state index is 0.240. The molecule has 1 N–H and O–H groups in total. The van der Waals surface area contributed by atoms with Gasteiger partial charge in [-0.1, -0.05) is 0 Å². The Kier molecular flexibility index (Phi) is 4.60. The minimum Gasteiger partial charge on any atom is -0.496 e. The standard InChI is InChI=1S/C14H18ClNO4/c1-18-9-6-10(19-2)12(11(7-9)20-3)13(15)14(17)16-8-4-5-8/h6-8,13H,4-5H2,1-3H3,(H,16,17). The third-order valence-electron chi connectivity index (χ3n) is 3.16. The molecule has 110 valence electrons. The van der Waals surface area contributed by atoms with Crippen molar-refractivity contribution in [3.63, 3.8) is 0 Å². The lowest BCUT2D eigenvalue weighted by atomic mass is 10.1. The molecule has 0 spiro atoms. The molecule has 1 aliphatic carbocycles. The summed E-state index contributed by atoms with van der Waals surface area (Å²) in [6.07, 6.45) is 2.01. The molecule has 1 aromatic rings. The number of methoxy groups -OCH3 is 3. The van der Waals surface area contributed by atoms with Gasteiger partial charge in [0.05, 0.1) is 26.9 Å². The van der Waals surface area contributed by atoms with Crippen LogP contribution in [-0.2, 0) is 4.79 Å². The van der Waals surface area contributed by atoms with Crippen molar-refractivity contribution in [2.24, 2.45) is 0 Å². The first kappa shape index (κ1) is 14.8. The van der Waals surface area contributed by atoms with Gasteiger partial charge in [0.15, 0.2) is 0 Å². The van der Waals surface area contributed by atoms with Crippen LogP contribution in [0.3, 0.4) is 0 Å². The third-order valence-corrected chi connectivity index (χ3v) is 3.58. The first-order valence-corrected chi connectivity index (χ1v) is 6.78. The summed E-state index contributed by atoms with van der Waals surface area (Å²) in [5.74, 6) is 1.27. The molecule has 1 aliphatic rings. The van der Waals surface area contributed by atoms with E-state index in [-0.39, 0.29) is 11.9 Å². The predicted molar refractivity (Wildman–Crippen MR) is 75.9 cm³/mol. The Hall–Kier alpha value is -1.62. The predicted octanol–water partition coefficient (Wildman–Crippen LogP) is 2.27. The molecular weight excluding hydrogens is 282 g/mol. The maximum Gasteiger partial charge on any atom is 0.243 e. The minimum atomic E-state index is -0.869. The highest BCUT2D eigenvalue weighted by atomic mass is 35.5. The molecule has 0 heterocycles. The second-order valence-electron chi connectivity index (χ2n) is 4.59. The zero-order valence-corrected chi connectivity index (χ0v) is 12.5. The van der Waals surface area contributed by atoms with Crippen LogP contribution in [0.2, 0.25) is 0 Å². The van der Waals surface area contributed by atoms with Crippen LogP contribution in [0.15, 0.2) is 12.1 Å². The van der Waals surface area contributed by atoms with Crippen molar-refractivity contribution >= 4 is 17.5 Å². The molecule has 5 nitrogen and oxygen atoms in total. The van der Waals surface area contributed by atoms with Gasteiger partial charge in [0.1, 0.15) is 22.6 Å². The highest BCUT2D eigenvalue weighted by molar-refractivity contribution is 6.31. The van der Waals surface area contributed by atoms with Crippen LogP contribution in [0.1, 0.15) is 23.8 Å². The second kappa shape index (κ2) is 6.22. The van der Waals surface area contributed by atoms with E-state index in [1.54, 1.807) is 19.2 Å². The number of rotatable bonds is 6. The van der Waals surface area contributed by atoms with E-state index in [0.717, 1.165) is 12.8 Å². The van der Waals surface area contributed by atoms with Crippen molar-refractivity contribution in [3.05, 3.63) is 17.7 Å². The Labute approximate surface area is 123 Å². The van der Waals surface area contributed by atoms with E-state index >= 15 is 0 Å².